The predicted molar refractivity (Wildman–Crippen MR) is 75.4 cm³/mol. The molecule has 2 heterocycles. The summed E-state index contributed by atoms with van der Waals surface area (Å²) in [5.41, 5.74) is 2.62. The number of carbonyl (C=O) groups is 1. The Kier molecular flexibility index (Phi) is 3.03. The highest BCUT2D eigenvalue weighted by Gasteiger charge is 2.31. The summed E-state index contributed by atoms with van der Waals surface area (Å²) in [5.74, 6) is -0.00437. The molecule has 0 spiro atoms. The minimum atomic E-state index is -0.761. The van der Waals surface area contributed by atoms with Crippen LogP contribution in [0, 0.1) is 0 Å². The topological polar surface area (TPSA) is 53.4 Å². The number of hydrogen-bond acceptors (Lipinski definition) is 4. The van der Waals surface area contributed by atoms with Crippen molar-refractivity contribution in [1.82, 2.24) is 9.88 Å². The van der Waals surface area contributed by atoms with Crippen molar-refractivity contribution in [2.75, 3.05) is 13.1 Å². The van der Waals surface area contributed by atoms with Crippen molar-refractivity contribution in [3.05, 3.63) is 29.3 Å². The molecule has 0 aliphatic carbocycles. The first-order valence-corrected chi connectivity index (χ1v) is 7.28. The van der Waals surface area contributed by atoms with Crippen molar-refractivity contribution in [3.63, 3.8) is 0 Å². The van der Waals surface area contributed by atoms with Gasteiger partial charge >= 0.3 is 0 Å². The highest BCUT2D eigenvalue weighted by atomic mass is 32.1. The number of hydrogen-bond donors (Lipinski definition) is 1. The number of rotatable bonds is 1. The molecule has 1 N–H and O–H groups in total. The second-order valence-electron chi connectivity index (χ2n) is 5.36. The van der Waals surface area contributed by atoms with Crippen LogP contribution in [0.5, 0.6) is 0 Å². The van der Waals surface area contributed by atoms with Crippen molar-refractivity contribution in [2.24, 2.45) is 0 Å². The number of thiazole rings is 1. The number of piperidine rings is 1. The molecular weight excluding hydrogens is 260 g/mol. The van der Waals surface area contributed by atoms with E-state index in [0.717, 1.165) is 29.6 Å². The van der Waals surface area contributed by atoms with E-state index in [1.165, 1.54) is 11.3 Å². The number of fused-ring (bicyclic) bond motifs is 1. The molecule has 1 aromatic carbocycles. The first-order valence-electron chi connectivity index (χ1n) is 6.40. The zero-order chi connectivity index (χ0) is 13.5. The number of likely N-dealkylation sites (tertiary alicyclic amines) is 1. The fraction of sp³-hybridized carbons (Fsp3) is 0.429. The van der Waals surface area contributed by atoms with Crippen molar-refractivity contribution in [2.45, 2.75) is 25.4 Å². The predicted octanol–water partition coefficient (Wildman–Crippen LogP) is 2.28. The van der Waals surface area contributed by atoms with E-state index < -0.39 is 5.60 Å². The minimum absolute atomic E-state index is 0.00437. The van der Waals surface area contributed by atoms with Crippen LogP contribution in [0.4, 0.5) is 0 Å². The maximum Gasteiger partial charge on any atom is 0.254 e. The van der Waals surface area contributed by atoms with Gasteiger partial charge in [-0.2, -0.15) is 0 Å². The molecule has 1 aliphatic rings. The van der Waals surface area contributed by atoms with E-state index in [4.69, 9.17) is 0 Å². The Labute approximate surface area is 115 Å². The average Bonchev–Trinajstić information content (AvgIpc) is 2.83. The standard InChI is InChI=1S/C14H16N2O2S/c1-14(18)5-2-6-16(8-14)13(17)10-3-4-11-12(7-10)19-9-15-11/h3-4,7,9,18H,2,5-6,8H2,1H3. The van der Waals surface area contributed by atoms with E-state index in [1.54, 1.807) is 17.3 Å². The van der Waals surface area contributed by atoms with Crippen LogP contribution in [0.2, 0.25) is 0 Å². The van der Waals surface area contributed by atoms with Gasteiger partial charge in [0.15, 0.2) is 0 Å². The summed E-state index contributed by atoms with van der Waals surface area (Å²) < 4.78 is 1.02. The maximum atomic E-state index is 12.5. The smallest absolute Gasteiger partial charge is 0.254 e. The molecule has 100 valence electrons. The van der Waals surface area contributed by atoms with Gasteiger partial charge in [-0.25, -0.2) is 4.98 Å². The molecule has 1 atom stereocenters. The fourth-order valence-electron chi connectivity index (χ4n) is 2.56. The molecule has 1 aromatic heterocycles. The summed E-state index contributed by atoms with van der Waals surface area (Å²) in [4.78, 5) is 18.4. The molecule has 0 saturated carbocycles. The quantitative estimate of drug-likeness (QED) is 0.869. The van der Waals surface area contributed by atoms with Gasteiger partial charge in [0, 0.05) is 18.7 Å². The average molecular weight is 276 g/mol. The maximum absolute atomic E-state index is 12.5. The zero-order valence-electron chi connectivity index (χ0n) is 10.8. The number of aliphatic hydroxyl groups is 1. The highest BCUT2D eigenvalue weighted by Crippen LogP contribution is 2.24. The van der Waals surface area contributed by atoms with Crippen LogP contribution in [-0.4, -0.2) is 39.6 Å². The molecule has 5 heteroatoms. The molecule has 3 rings (SSSR count). The van der Waals surface area contributed by atoms with Gasteiger partial charge in [-0.1, -0.05) is 0 Å². The Hall–Kier alpha value is -1.46. The van der Waals surface area contributed by atoms with Gasteiger partial charge < -0.3 is 10.0 Å². The van der Waals surface area contributed by atoms with Gasteiger partial charge in [-0.3, -0.25) is 4.79 Å². The van der Waals surface area contributed by atoms with Gasteiger partial charge in [-0.15, -0.1) is 11.3 Å². The van der Waals surface area contributed by atoms with Crippen molar-refractivity contribution >= 4 is 27.5 Å². The van der Waals surface area contributed by atoms with Crippen LogP contribution in [-0.2, 0) is 0 Å². The molecular formula is C14H16N2O2S. The lowest BCUT2D eigenvalue weighted by Gasteiger charge is -2.36. The van der Waals surface area contributed by atoms with Crippen LogP contribution in [0.1, 0.15) is 30.1 Å². The zero-order valence-corrected chi connectivity index (χ0v) is 11.6. The molecule has 2 aromatic rings. The molecule has 1 amide bonds. The third-order valence-corrected chi connectivity index (χ3v) is 4.33. The molecule has 19 heavy (non-hydrogen) atoms. The molecule has 0 radical (unpaired) electrons. The third kappa shape index (κ3) is 2.48. The number of β-amino-alcohol motifs (C(OH)–C–C–N with tert-alkyl or cyclic N) is 1. The molecule has 1 fully saturated rings. The van der Waals surface area contributed by atoms with E-state index >= 15 is 0 Å². The lowest BCUT2D eigenvalue weighted by atomic mass is 9.94. The molecule has 0 bridgehead atoms. The van der Waals surface area contributed by atoms with E-state index in [-0.39, 0.29) is 5.91 Å². The van der Waals surface area contributed by atoms with Crippen LogP contribution >= 0.6 is 11.3 Å². The molecule has 1 aliphatic heterocycles. The van der Waals surface area contributed by atoms with Crippen molar-refractivity contribution in [3.8, 4) is 0 Å². The number of benzene rings is 1. The highest BCUT2D eigenvalue weighted by molar-refractivity contribution is 7.16. The second kappa shape index (κ2) is 4.58. The Bertz CT molecular complexity index is 621. The van der Waals surface area contributed by atoms with Crippen LogP contribution in [0.15, 0.2) is 23.7 Å². The molecule has 1 saturated heterocycles. The van der Waals surface area contributed by atoms with E-state index in [2.05, 4.69) is 4.98 Å². The first-order chi connectivity index (χ1) is 9.05. The van der Waals surface area contributed by atoms with Crippen LogP contribution in [0.25, 0.3) is 10.2 Å². The molecule has 1 unspecified atom stereocenters. The van der Waals surface area contributed by atoms with E-state index in [1.807, 2.05) is 18.2 Å². The van der Waals surface area contributed by atoms with Crippen LogP contribution in [0.3, 0.4) is 0 Å². The summed E-state index contributed by atoms with van der Waals surface area (Å²) in [6.45, 7) is 2.92. The third-order valence-electron chi connectivity index (χ3n) is 3.54. The number of nitrogens with zero attached hydrogens (tertiary/aromatic N) is 2. The Morgan fingerprint density at radius 1 is 1.53 bits per heavy atom. The minimum Gasteiger partial charge on any atom is -0.388 e. The fourth-order valence-corrected chi connectivity index (χ4v) is 3.28. The van der Waals surface area contributed by atoms with Crippen molar-refractivity contribution in [1.29, 1.82) is 0 Å². The van der Waals surface area contributed by atoms with Crippen molar-refractivity contribution < 1.29 is 9.90 Å². The van der Waals surface area contributed by atoms with Gasteiger partial charge in [0.2, 0.25) is 0 Å². The van der Waals surface area contributed by atoms with Gasteiger partial charge in [-0.05, 0) is 38.0 Å². The molecule has 4 nitrogen and oxygen atoms in total. The van der Waals surface area contributed by atoms with Gasteiger partial charge in [0.25, 0.3) is 5.91 Å². The Balaban J connectivity index is 1.86. The summed E-state index contributed by atoms with van der Waals surface area (Å²) in [5, 5.41) is 10.1. The lowest BCUT2D eigenvalue weighted by molar-refractivity contribution is -0.0107. The number of amides is 1. The summed E-state index contributed by atoms with van der Waals surface area (Å²) >= 11 is 1.53. The lowest BCUT2D eigenvalue weighted by Crippen LogP contribution is -2.48. The monoisotopic (exact) mass is 276 g/mol. The number of carbonyl (C=O) groups excluding carboxylic acids is 1. The normalized spacial score (nSPS) is 23.8. The van der Waals surface area contributed by atoms with Crippen LogP contribution < -0.4 is 0 Å². The number of aromatic nitrogens is 1. The Morgan fingerprint density at radius 2 is 2.37 bits per heavy atom. The second-order valence-corrected chi connectivity index (χ2v) is 6.25. The van der Waals surface area contributed by atoms with E-state index in [0.29, 0.717) is 12.1 Å². The SMILES string of the molecule is CC1(O)CCCN(C(=O)c2ccc3ncsc3c2)C1. The van der Waals surface area contributed by atoms with Gasteiger partial charge in [0.1, 0.15) is 0 Å². The largest absolute Gasteiger partial charge is 0.388 e. The summed E-state index contributed by atoms with van der Waals surface area (Å²) in [6, 6.07) is 5.58. The Morgan fingerprint density at radius 3 is 3.16 bits per heavy atom. The summed E-state index contributed by atoms with van der Waals surface area (Å²) in [7, 11) is 0. The van der Waals surface area contributed by atoms with Gasteiger partial charge in [0.05, 0.1) is 21.3 Å². The van der Waals surface area contributed by atoms with E-state index in [9.17, 15) is 9.90 Å². The summed E-state index contributed by atoms with van der Waals surface area (Å²) in [6.07, 6.45) is 1.60. The first kappa shape index (κ1) is 12.6.